The fourth-order valence-corrected chi connectivity index (χ4v) is 6.72. The Hall–Kier alpha value is -1.24. The average molecular weight is 569 g/mol. The summed E-state index contributed by atoms with van der Waals surface area (Å²) in [6, 6.07) is 15.4. The number of halogens is 1. The van der Waals surface area contributed by atoms with Crippen LogP contribution in [-0.4, -0.2) is 66.6 Å². The first-order valence-electron chi connectivity index (χ1n) is 10.0. The molecule has 1 fully saturated rings. The third-order valence-corrected chi connectivity index (χ3v) is 8.57. The third-order valence-electron chi connectivity index (χ3n) is 4.94. The molecule has 3 rings (SSSR count). The molecule has 1 N–H and O–H groups in total. The van der Waals surface area contributed by atoms with E-state index in [0.29, 0.717) is 6.61 Å². The van der Waals surface area contributed by atoms with Crippen LogP contribution >= 0.6 is 22.6 Å². The van der Waals surface area contributed by atoms with Crippen molar-refractivity contribution in [2.75, 3.05) is 50.1 Å². The van der Waals surface area contributed by atoms with Crippen LogP contribution in [0.4, 0.5) is 16.2 Å². The Labute approximate surface area is 194 Å². The first-order chi connectivity index (χ1) is 14.0. The monoisotopic (exact) mass is 569 g/mol. The maximum atomic E-state index is 11.7. The molecule has 0 saturated carbocycles. The standard InChI is InChI=1S/C22H29AsIN3O2/c1-3-14-29-22(28)25-21-9-6-18(15-20(21)24)23-16-17-4-7-19(8-5-17)27-12-10-26(2)11-13-27/h4-9,15,23H,3,10-14,16H2,1-2H3,(H,25,28). The van der Waals surface area contributed by atoms with Crippen molar-refractivity contribution in [2.45, 2.75) is 18.6 Å². The Morgan fingerprint density at radius 1 is 1.14 bits per heavy atom. The number of ether oxygens (including phenoxy) is 1. The third kappa shape index (κ3) is 6.90. The molecule has 1 atom stereocenters. The normalized spacial score (nSPS) is 15.1. The Balaban J connectivity index is 1.52. The van der Waals surface area contributed by atoms with Gasteiger partial charge in [0.1, 0.15) is 0 Å². The average Bonchev–Trinajstić information content (AvgIpc) is 2.73. The van der Waals surface area contributed by atoms with Crippen LogP contribution in [0.5, 0.6) is 0 Å². The van der Waals surface area contributed by atoms with E-state index in [4.69, 9.17) is 4.74 Å². The summed E-state index contributed by atoms with van der Waals surface area (Å²) in [5.74, 6) is 0. The van der Waals surface area contributed by atoms with Crippen LogP contribution in [0.2, 0.25) is 0 Å². The molecule has 1 heterocycles. The molecule has 2 aromatic carbocycles. The van der Waals surface area contributed by atoms with Gasteiger partial charge in [0.25, 0.3) is 0 Å². The topological polar surface area (TPSA) is 44.8 Å². The van der Waals surface area contributed by atoms with Gasteiger partial charge >= 0.3 is 195 Å². The minimum atomic E-state index is -0.381. The number of carbonyl (C=O) groups excluding carboxylic acids is 1. The molecule has 1 aliphatic rings. The molecule has 1 saturated heterocycles. The fourth-order valence-electron chi connectivity index (χ4n) is 3.16. The van der Waals surface area contributed by atoms with Gasteiger partial charge in [-0.2, -0.15) is 0 Å². The van der Waals surface area contributed by atoms with Crippen molar-refractivity contribution in [1.82, 2.24) is 4.90 Å². The number of nitrogens with one attached hydrogen (secondary N) is 1. The predicted octanol–water partition coefficient (Wildman–Crippen LogP) is 3.26. The minimum absolute atomic E-state index is 0.261. The number of amides is 1. The van der Waals surface area contributed by atoms with Gasteiger partial charge in [-0.15, -0.1) is 0 Å². The van der Waals surface area contributed by atoms with E-state index >= 15 is 0 Å². The van der Waals surface area contributed by atoms with Gasteiger partial charge in [-0.05, 0) is 0 Å². The number of benzene rings is 2. The summed E-state index contributed by atoms with van der Waals surface area (Å²) < 4.78 is 7.54. The van der Waals surface area contributed by atoms with Crippen molar-refractivity contribution in [3.05, 3.63) is 51.6 Å². The second-order valence-electron chi connectivity index (χ2n) is 7.27. The van der Waals surface area contributed by atoms with Gasteiger partial charge in [0.05, 0.1) is 0 Å². The molecule has 0 spiro atoms. The Morgan fingerprint density at radius 3 is 2.52 bits per heavy atom. The Bertz CT molecular complexity index is 808. The summed E-state index contributed by atoms with van der Waals surface area (Å²) in [7, 11) is 2.19. The Kier molecular flexibility index (Phi) is 8.69. The van der Waals surface area contributed by atoms with E-state index in [0.717, 1.165) is 47.1 Å². The van der Waals surface area contributed by atoms with E-state index in [9.17, 15) is 4.79 Å². The van der Waals surface area contributed by atoms with E-state index in [-0.39, 0.29) is 21.8 Å². The molecule has 7 heteroatoms. The van der Waals surface area contributed by atoms with Crippen LogP contribution in [0.25, 0.3) is 0 Å². The molecule has 156 valence electrons. The van der Waals surface area contributed by atoms with Gasteiger partial charge in [0, 0.05) is 0 Å². The molecular weight excluding hydrogens is 540 g/mol. The molecule has 2 aromatic rings. The molecule has 0 aromatic heterocycles. The van der Waals surface area contributed by atoms with Crippen molar-refractivity contribution < 1.29 is 9.53 Å². The number of carbonyl (C=O) groups is 1. The summed E-state index contributed by atoms with van der Waals surface area (Å²) in [5, 5.41) is 3.95. The number of nitrogens with zero attached hydrogens (tertiary/aromatic N) is 2. The van der Waals surface area contributed by atoms with E-state index in [1.54, 1.807) is 0 Å². The quantitative estimate of drug-likeness (QED) is 0.411. The number of hydrogen-bond donors (Lipinski definition) is 1. The van der Waals surface area contributed by atoms with Crippen molar-refractivity contribution in [1.29, 1.82) is 0 Å². The van der Waals surface area contributed by atoms with E-state index in [1.807, 2.05) is 13.0 Å². The number of likely N-dealkylation sites (N-methyl/N-ethyl adjacent to an activating group) is 1. The van der Waals surface area contributed by atoms with Gasteiger partial charge in [0.15, 0.2) is 0 Å². The van der Waals surface area contributed by atoms with Crippen LogP contribution in [0.1, 0.15) is 18.9 Å². The molecule has 29 heavy (non-hydrogen) atoms. The first-order valence-corrected chi connectivity index (χ1v) is 13.7. The molecule has 1 unspecified atom stereocenters. The summed E-state index contributed by atoms with van der Waals surface area (Å²) in [4.78, 5) is 16.6. The first kappa shape index (κ1) is 22.4. The second-order valence-corrected chi connectivity index (χ2v) is 11.1. The van der Waals surface area contributed by atoms with E-state index in [1.165, 1.54) is 15.6 Å². The zero-order valence-corrected chi connectivity index (χ0v) is 21.3. The number of anilines is 2. The summed E-state index contributed by atoms with van der Waals surface area (Å²) in [6.07, 6.45) is 0.444. The maximum absolute atomic E-state index is 11.7. The van der Waals surface area contributed by atoms with Gasteiger partial charge in [0.2, 0.25) is 0 Å². The van der Waals surface area contributed by atoms with Crippen LogP contribution in [0, 0.1) is 3.57 Å². The van der Waals surface area contributed by atoms with E-state index < -0.39 is 0 Å². The van der Waals surface area contributed by atoms with Gasteiger partial charge in [-0.25, -0.2) is 0 Å². The van der Waals surface area contributed by atoms with Crippen LogP contribution in [0.3, 0.4) is 0 Å². The van der Waals surface area contributed by atoms with Gasteiger partial charge < -0.3 is 0 Å². The number of piperazine rings is 1. The van der Waals surface area contributed by atoms with Crippen LogP contribution < -0.4 is 14.6 Å². The van der Waals surface area contributed by atoms with Gasteiger partial charge in [-0.1, -0.05) is 0 Å². The summed E-state index contributed by atoms with van der Waals surface area (Å²) in [6.45, 7) is 6.90. The summed E-state index contributed by atoms with van der Waals surface area (Å²) >= 11 is 2.02. The fraction of sp³-hybridized carbons (Fsp3) is 0.409. The number of rotatable bonds is 7. The van der Waals surface area contributed by atoms with Crippen molar-refractivity contribution in [2.24, 2.45) is 0 Å². The molecule has 0 radical (unpaired) electrons. The molecule has 1 amide bonds. The second kappa shape index (κ2) is 11.2. The number of hydrogen-bond acceptors (Lipinski definition) is 4. The van der Waals surface area contributed by atoms with Crippen LogP contribution in [-0.2, 0) is 9.95 Å². The Morgan fingerprint density at radius 2 is 1.86 bits per heavy atom. The van der Waals surface area contributed by atoms with Crippen molar-refractivity contribution in [3.8, 4) is 0 Å². The molecule has 5 nitrogen and oxygen atoms in total. The zero-order valence-electron chi connectivity index (χ0n) is 17.1. The van der Waals surface area contributed by atoms with Gasteiger partial charge in [-0.3, -0.25) is 0 Å². The zero-order chi connectivity index (χ0) is 20.6. The molecule has 0 aliphatic carbocycles. The summed E-state index contributed by atoms with van der Waals surface area (Å²) in [5.41, 5.74) is 3.56. The predicted molar refractivity (Wildman–Crippen MR) is 131 cm³/mol. The SMILES string of the molecule is CCCOC(=O)Nc1ccc([AsH]Cc2ccc(N3CCN(C)CC3)cc2)cc1I. The molecule has 1 aliphatic heterocycles. The van der Waals surface area contributed by atoms with E-state index in [2.05, 4.69) is 81.2 Å². The van der Waals surface area contributed by atoms with Crippen molar-refractivity contribution >= 4 is 60.2 Å². The van der Waals surface area contributed by atoms with Crippen molar-refractivity contribution in [3.63, 3.8) is 0 Å². The van der Waals surface area contributed by atoms with Crippen LogP contribution in [0.15, 0.2) is 42.5 Å². The molecular formula is C22H29AsIN3O2. The molecule has 0 bridgehead atoms.